The highest BCUT2D eigenvalue weighted by molar-refractivity contribution is 5.69. The molecule has 0 aliphatic rings. The van der Waals surface area contributed by atoms with E-state index in [1.807, 2.05) is 6.92 Å². The van der Waals surface area contributed by atoms with Crippen LogP contribution in [0.15, 0.2) is 5.11 Å². The first-order valence-electron chi connectivity index (χ1n) is 4.37. The fourth-order valence-corrected chi connectivity index (χ4v) is 0.929. The molecule has 0 aromatic rings. The first kappa shape index (κ1) is 11.8. The number of nitrogens with zero attached hydrogens (tertiary/aromatic N) is 3. The van der Waals surface area contributed by atoms with E-state index in [0.29, 0.717) is 19.6 Å². The van der Waals surface area contributed by atoms with E-state index in [1.165, 1.54) is 0 Å². The van der Waals surface area contributed by atoms with Crippen molar-refractivity contribution in [3.05, 3.63) is 10.4 Å². The number of hydrogen-bond acceptors (Lipinski definition) is 3. The number of carbonyl (C=O) groups is 1. The summed E-state index contributed by atoms with van der Waals surface area (Å²) in [7, 11) is 0. The number of hydrogen-bond donors (Lipinski definition) is 0. The average molecular weight is 185 g/mol. The average Bonchev–Trinajstić information content (AvgIpc) is 2.05. The minimum absolute atomic E-state index is 0.184. The summed E-state index contributed by atoms with van der Waals surface area (Å²) in [5, 5.41) is 3.39. The van der Waals surface area contributed by atoms with Crippen molar-refractivity contribution in [3.63, 3.8) is 0 Å². The summed E-state index contributed by atoms with van der Waals surface area (Å²) in [4.78, 5) is 13.6. The fourth-order valence-electron chi connectivity index (χ4n) is 0.929. The molecule has 74 valence electrons. The molecule has 0 amide bonds. The van der Waals surface area contributed by atoms with Gasteiger partial charge in [0.1, 0.15) is 0 Å². The van der Waals surface area contributed by atoms with Gasteiger partial charge in [0.25, 0.3) is 0 Å². The van der Waals surface area contributed by atoms with Crippen molar-refractivity contribution in [1.82, 2.24) is 0 Å². The summed E-state index contributed by atoms with van der Waals surface area (Å²) in [5.41, 5.74) is 8.01. The lowest BCUT2D eigenvalue weighted by Gasteiger charge is -2.07. The van der Waals surface area contributed by atoms with Crippen LogP contribution in [0.3, 0.4) is 0 Å². The predicted octanol–water partition coefficient (Wildman–Crippen LogP) is 2.28. The molecule has 0 heterocycles. The van der Waals surface area contributed by atoms with Crippen molar-refractivity contribution in [1.29, 1.82) is 0 Å². The van der Waals surface area contributed by atoms with Crippen molar-refractivity contribution in [2.45, 2.75) is 26.7 Å². The Balaban J connectivity index is 3.54. The molecule has 0 aliphatic carbocycles. The van der Waals surface area contributed by atoms with Gasteiger partial charge in [0.15, 0.2) is 0 Å². The molecule has 0 N–H and O–H groups in total. The topological polar surface area (TPSA) is 75.1 Å². The second-order valence-electron chi connectivity index (χ2n) is 2.86. The summed E-state index contributed by atoms with van der Waals surface area (Å²) in [6.07, 6.45) is 1.12. The molecular weight excluding hydrogens is 170 g/mol. The minimum Gasteiger partial charge on any atom is -0.466 e. The molecule has 0 saturated heterocycles. The highest BCUT2D eigenvalue weighted by atomic mass is 16.5. The molecule has 0 spiro atoms. The van der Waals surface area contributed by atoms with E-state index in [4.69, 9.17) is 10.3 Å². The number of carbonyl (C=O) groups excluding carboxylic acids is 1. The van der Waals surface area contributed by atoms with Gasteiger partial charge in [-0.15, -0.1) is 0 Å². The minimum atomic E-state index is -0.184. The van der Waals surface area contributed by atoms with Gasteiger partial charge < -0.3 is 4.74 Å². The van der Waals surface area contributed by atoms with E-state index in [-0.39, 0.29) is 11.9 Å². The molecule has 0 rings (SSSR count). The summed E-state index contributed by atoms with van der Waals surface area (Å²) >= 11 is 0. The molecule has 1 atom stereocenters. The highest BCUT2D eigenvalue weighted by Crippen LogP contribution is 2.08. The first-order chi connectivity index (χ1) is 6.20. The van der Waals surface area contributed by atoms with Gasteiger partial charge in [-0.3, -0.25) is 4.79 Å². The Morgan fingerprint density at radius 3 is 2.92 bits per heavy atom. The Morgan fingerprint density at radius 2 is 2.38 bits per heavy atom. The van der Waals surface area contributed by atoms with Crippen molar-refractivity contribution in [3.8, 4) is 0 Å². The molecule has 1 unspecified atom stereocenters. The summed E-state index contributed by atoms with van der Waals surface area (Å²) in [6.45, 7) is 4.57. The number of ether oxygens (including phenoxy) is 1. The van der Waals surface area contributed by atoms with Gasteiger partial charge in [-0.05, 0) is 24.8 Å². The van der Waals surface area contributed by atoms with E-state index in [1.54, 1.807) is 6.92 Å². The third-order valence-corrected chi connectivity index (χ3v) is 1.61. The smallest absolute Gasteiger partial charge is 0.306 e. The summed E-state index contributed by atoms with van der Waals surface area (Å²) in [6, 6.07) is 0. The zero-order chi connectivity index (χ0) is 10.1. The van der Waals surface area contributed by atoms with Gasteiger partial charge in [0.2, 0.25) is 0 Å². The van der Waals surface area contributed by atoms with Crippen LogP contribution in [-0.2, 0) is 9.53 Å². The maximum absolute atomic E-state index is 11.0. The molecule has 0 bridgehead atoms. The van der Waals surface area contributed by atoms with Gasteiger partial charge in [-0.25, -0.2) is 0 Å². The van der Waals surface area contributed by atoms with E-state index in [2.05, 4.69) is 10.0 Å². The van der Waals surface area contributed by atoms with E-state index >= 15 is 0 Å². The largest absolute Gasteiger partial charge is 0.466 e. The predicted molar refractivity (Wildman–Crippen MR) is 49.0 cm³/mol. The maximum atomic E-state index is 11.0. The van der Waals surface area contributed by atoms with Gasteiger partial charge in [0, 0.05) is 17.9 Å². The number of esters is 1. The number of rotatable bonds is 6. The monoisotopic (exact) mass is 185 g/mol. The molecule has 0 radical (unpaired) electrons. The van der Waals surface area contributed by atoms with Crippen molar-refractivity contribution >= 4 is 5.97 Å². The van der Waals surface area contributed by atoms with E-state index in [9.17, 15) is 4.79 Å². The van der Waals surface area contributed by atoms with E-state index < -0.39 is 0 Å². The second kappa shape index (κ2) is 7.43. The Hall–Kier alpha value is -1.22. The van der Waals surface area contributed by atoms with Crippen molar-refractivity contribution in [2.75, 3.05) is 13.2 Å². The van der Waals surface area contributed by atoms with Crippen molar-refractivity contribution in [2.24, 2.45) is 11.0 Å². The fraction of sp³-hybridized carbons (Fsp3) is 0.875. The summed E-state index contributed by atoms with van der Waals surface area (Å²) < 4.78 is 4.78. The van der Waals surface area contributed by atoms with Crippen molar-refractivity contribution < 1.29 is 9.53 Å². The SMILES string of the molecule is CCOC(=O)CC(C)CCN=[N+]=[N-]. The Labute approximate surface area is 77.7 Å². The molecule has 0 saturated carbocycles. The third kappa shape index (κ3) is 7.15. The molecule has 0 fully saturated rings. The van der Waals surface area contributed by atoms with Crippen LogP contribution >= 0.6 is 0 Å². The van der Waals surface area contributed by atoms with Crippen LogP contribution < -0.4 is 0 Å². The van der Waals surface area contributed by atoms with Crippen LogP contribution in [0.1, 0.15) is 26.7 Å². The lowest BCUT2D eigenvalue weighted by molar-refractivity contribution is -0.144. The van der Waals surface area contributed by atoms with Crippen LogP contribution in [0, 0.1) is 5.92 Å². The van der Waals surface area contributed by atoms with Crippen LogP contribution in [0.5, 0.6) is 0 Å². The normalized spacial score (nSPS) is 11.5. The quantitative estimate of drug-likeness (QED) is 0.275. The molecule has 0 aliphatic heterocycles. The highest BCUT2D eigenvalue weighted by Gasteiger charge is 2.08. The maximum Gasteiger partial charge on any atom is 0.306 e. The van der Waals surface area contributed by atoms with Crippen LogP contribution in [-0.4, -0.2) is 19.1 Å². The molecular formula is C8H15N3O2. The zero-order valence-corrected chi connectivity index (χ0v) is 8.06. The Bertz CT molecular complexity index is 200. The molecule has 5 heteroatoms. The number of azide groups is 1. The third-order valence-electron chi connectivity index (χ3n) is 1.61. The molecule has 0 aromatic carbocycles. The molecule has 13 heavy (non-hydrogen) atoms. The van der Waals surface area contributed by atoms with Gasteiger partial charge in [-0.1, -0.05) is 12.0 Å². The lowest BCUT2D eigenvalue weighted by atomic mass is 10.0. The standard InChI is InChI=1S/C8H15N3O2/c1-3-13-8(12)6-7(2)4-5-10-11-9/h7H,3-6H2,1-2H3. The summed E-state index contributed by atoms with van der Waals surface area (Å²) in [5.74, 6) is 0.0282. The first-order valence-corrected chi connectivity index (χ1v) is 4.37. The van der Waals surface area contributed by atoms with Crippen LogP contribution in [0.25, 0.3) is 10.4 Å². The zero-order valence-electron chi connectivity index (χ0n) is 8.06. The Kier molecular flexibility index (Phi) is 6.73. The lowest BCUT2D eigenvalue weighted by Crippen LogP contribution is -2.09. The van der Waals surface area contributed by atoms with Gasteiger partial charge in [0.05, 0.1) is 6.61 Å². The Morgan fingerprint density at radius 1 is 1.69 bits per heavy atom. The van der Waals surface area contributed by atoms with Crippen LogP contribution in [0.2, 0.25) is 0 Å². The molecule has 5 nitrogen and oxygen atoms in total. The molecule has 0 aromatic heterocycles. The van der Waals surface area contributed by atoms with Crippen LogP contribution in [0.4, 0.5) is 0 Å². The second-order valence-corrected chi connectivity index (χ2v) is 2.86. The van der Waals surface area contributed by atoms with Gasteiger partial charge in [-0.2, -0.15) is 0 Å². The van der Waals surface area contributed by atoms with Gasteiger partial charge >= 0.3 is 5.97 Å². The van der Waals surface area contributed by atoms with E-state index in [0.717, 1.165) is 6.42 Å².